The molecule has 1 aromatic rings. The molecule has 1 unspecified atom stereocenters. The van der Waals surface area contributed by atoms with Crippen LogP contribution in [0.3, 0.4) is 0 Å². The fraction of sp³-hybridized carbons (Fsp3) is 0.609. The van der Waals surface area contributed by atoms with Crippen LogP contribution in [0.15, 0.2) is 24.3 Å². The molecule has 0 radical (unpaired) electrons. The molecule has 6 nitrogen and oxygen atoms in total. The number of hydrogen-bond acceptors (Lipinski definition) is 4. The number of likely N-dealkylation sites (tertiary alicyclic amines) is 1. The number of carbonyl (C=O) groups is 3. The van der Waals surface area contributed by atoms with E-state index in [4.69, 9.17) is 4.74 Å². The first-order valence-electron chi connectivity index (χ1n) is 10.4. The molecule has 6 heteroatoms. The zero-order valence-corrected chi connectivity index (χ0v) is 18.3. The summed E-state index contributed by atoms with van der Waals surface area (Å²) in [6.45, 7) is 11.7. The number of nitrogens with one attached hydrogen (secondary N) is 1. The zero-order chi connectivity index (χ0) is 21.6. The lowest BCUT2D eigenvalue weighted by Gasteiger charge is -2.31. The predicted octanol–water partition coefficient (Wildman–Crippen LogP) is 3.29. The van der Waals surface area contributed by atoms with Gasteiger partial charge in [0.25, 0.3) is 11.8 Å². The summed E-state index contributed by atoms with van der Waals surface area (Å²) < 4.78 is 5.25. The highest BCUT2D eigenvalue weighted by Crippen LogP contribution is 2.22. The van der Waals surface area contributed by atoms with Gasteiger partial charge in [-0.05, 0) is 48.8 Å². The van der Waals surface area contributed by atoms with Crippen molar-refractivity contribution in [2.75, 3.05) is 19.6 Å². The topological polar surface area (TPSA) is 75.7 Å². The summed E-state index contributed by atoms with van der Waals surface area (Å²) in [5.41, 5.74) is 1.73. The van der Waals surface area contributed by atoms with Gasteiger partial charge in [0.2, 0.25) is 0 Å². The molecule has 1 aromatic carbocycles. The molecule has 1 fully saturated rings. The molecule has 1 N–H and O–H groups in total. The van der Waals surface area contributed by atoms with Crippen LogP contribution in [0, 0.1) is 5.92 Å². The maximum absolute atomic E-state index is 12.4. The van der Waals surface area contributed by atoms with E-state index in [1.807, 2.05) is 12.1 Å². The first-order chi connectivity index (χ1) is 13.6. The minimum atomic E-state index is -0.795. The maximum atomic E-state index is 12.4. The number of amides is 2. The summed E-state index contributed by atoms with van der Waals surface area (Å²) in [5, 5.41) is 2.72. The number of carbonyl (C=O) groups excluding carboxylic acids is 3. The molecule has 1 heterocycles. The van der Waals surface area contributed by atoms with Crippen molar-refractivity contribution in [3.05, 3.63) is 35.4 Å². The van der Waals surface area contributed by atoms with E-state index in [0.717, 1.165) is 18.4 Å². The van der Waals surface area contributed by atoms with Gasteiger partial charge in [-0.15, -0.1) is 0 Å². The van der Waals surface area contributed by atoms with Crippen molar-refractivity contribution in [3.63, 3.8) is 0 Å². The number of piperidine rings is 1. The van der Waals surface area contributed by atoms with Gasteiger partial charge in [0.05, 0.1) is 6.42 Å². The van der Waals surface area contributed by atoms with Gasteiger partial charge in [0.15, 0.2) is 6.10 Å². The number of rotatable bonds is 6. The van der Waals surface area contributed by atoms with E-state index in [9.17, 15) is 14.4 Å². The summed E-state index contributed by atoms with van der Waals surface area (Å²) in [6.07, 6.45) is 1.20. The third-order valence-electron chi connectivity index (χ3n) is 5.38. The minimum Gasteiger partial charge on any atom is -0.452 e. The molecule has 1 atom stereocenters. The van der Waals surface area contributed by atoms with Crippen molar-refractivity contribution in [3.8, 4) is 0 Å². The second kappa shape index (κ2) is 9.90. The van der Waals surface area contributed by atoms with Crippen molar-refractivity contribution in [1.82, 2.24) is 10.2 Å². The number of nitrogens with zero attached hydrogens (tertiary/aromatic N) is 1. The van der Waals surface area contributed by atoms with Gasteiger partial charge in [-0.1, -0.05) is 39.8 Å². The summed E-state index contributed by atoms with van der Waals surface area (Å²) in [6, 6.07) is 7.46. The van der Waals surface area contributed by atoms with E-state index in [0.29, 0.717) is 24.6 Å². The fourth-order valence-electron chi connectivity index (χ4n) is 3.29. The molecule has 0 spiro atoms. The van der Waals surface area contributed by atoms with Crippen LogP contribution in [-0.4, -0.2) is 48.4 Å². The second-order valence-electron chi connectivity index (χ2n) is 8.97. The predicted molar refractivity (Wildman–Crippen MR) is 113 cm³/mol. The van der Waals surface area contributed by atoms with E-state index >= 15 is 0 Å². The van der Waals surface area contributed by atoms with Crippen LogP contribution in [-0.2, 0) is 19.7 Å². The van der Waals surface area contributed by atoms with Crippen LogP contribution in [0.1, 0.15) is 69.8 Å². The van der Waals surface area contributed by atoms with E-state index in [1.165, 1.54) is 0 Å². The van der Waals surface area contributed by atoms with Gasteiger partial charge in [-0.2, -0.15) is 0 Å². The zero-order valence-electron chi connectivity index (χ0n) is 18.3. The molecule has 0 aromatic heterocycles. The van der Waals surface area contributed by atoms with Gasteiger partial charge < -0.3 is 15.0 Å². The Hall–Kier alpha value is -2.37. The van der Waals surface area contributed by atoms with E-state index in [2.05, 4.69) is 33.0 Å². The molecule has 1 aliphatic rings. The first kappa shape index (κ1) is 22.9. The van der Waals surface area contributed by atoms with Gasteiger partial charge >= 0.3 is 5.97 Å². The molecule has 2 rings (SSSR count). The molecular weight excluding hydrogens is 368 g/mol. The highest BCUT2D eigenvalue weighted by molar-refractivity contribution is 5.94. The molecule has 29 heavy (non-hydrogen) atoms. The van der Waals surface area contributed by atoms with E-state index < -0.39 is 12.1 Å². The number of ether oxygens (including phenoxy) is 1. The molecule has 1 aliphatic heterocycles. The lowest BCUT2D eigenvalue weighted by atomic mass is 9.87. The average molecular weight is 403 g/mol. The van der Waals surface area contributed by atoms with Gasteiger partial charge in [0.1, 0.15) is 0 Å². The van der Waals surface area contributed by atoms with E-state index in [-0.39, 0.29) is 30.2 Å². The summed E-state index contributed by atoms with van der Waals surface area (Å²) in [7, 11) is 0. The largest absolute Gasteiger partial charge is 0.452 e. The standard InChI is InChI=1S/C23H34N2O4/c1-16-11-14-25(15-12-16)22(28)17(2)29-20(26)10-13-24-21(27)18-6-8-19(9-7-18)23(3,4)5/h6-9,16-17H,10-15H2,1-5H3,(H,24,27). The lowest BCUT2D eigenvalue weighted by molar-refractivity contribution is -0.159. The Morgan fingerprint density at radius 1 is 1.14 bits per heavy atom. The first-order valence-corrected chi connectivity index (χ1v) is 10.4. The Morgan fingerprint density at radius 3 is 2.28 bits per heavy atom. The number of esters is 1. The SMILES string of the molecule is CC1CCN(C(=O)C(C)OC(=O)CCNC(=O)c2ccc(C(C)(C)C)cc2)CC1. The molecule has 160 valence electrons. The lowest BCUT2D eigenvalue weighted by Crippen LogP contribution is -2.44. The summed E-state index contributed by atoms with van der Waals surface area (Å²) in [5.74, 6) is -0.233. The highest BCUT2D eigenvalue weighted by atomic mass is 16.5. The molecule has 0 bridgehead atoms. The second-order valence-corrected chi connectivity index (χ2v) is 8.97. The van der Waals surface area contributed by atoms with E-state index in [1.54, 1.807) is 24.0 Å². The third kappa shape index (κ3) is 6.87. The molecule has 1 saturated heterocycles. The number of hydrogen-bond donors (Lipinski definition) is 1. The fourth-order valence-corrected chi connectivity index (χ4v) is 3.29. The molecular formula is C23H34N2O4. The quantitative estimate of drug-likeness (QED) is 0.741. The van der Waals surface area contributed by atoms with Crippen molar-refractivity contribution in [2.24, 2.45) is 5.92 Å². The summed E-state index contributed by atoms with van der Waals surface area (Å²) in [4.78, 5) is 38.4. The van der Waals surface area contributed by atoms with Crippen molar-refractivity contribution < 1.29 is 19.1 Å². The smallest absolute Gasteiger partial charge is 0.308 e. The third-order valence-corrected chi connectivity index (χ3v) is 5.38. The Morgan fingerprint density at radius 2 is 1.72 bits per heavy atom. The van der Waals surface area contributed by atoms with Gasteiger partial charge in [-0.25, -0.2) is 0 Å². The number of benzene rings is 1. The van der Waals surface area contributed by atoms with Crippen LogP contribution in [0.4, 0.5) is 0 Å². The van der Waals surface area contributed by atoms with Crippen molar-refractivity contribution in [2.45, 2.75) is 65.4 Å². The van der Waals surface area contributed by atoms with Crippen LogP contribution in [0.25, 0.3) is 0 Å². The van der Waals surface area contributed by atoms with Crippen LogP contribution in [0.2, 0.25) is 0 Å². The van der Waals surface area contributed by atoms with Gasteiger partial charge in [-0.3, -0.25) is 14.4 Å². The van der Waals surface area contributed by atoms with Crippen LogP contribution < -0.4 is 5.32 Å². The maximum Gasteiger partial charge on any atom is 0.308 e. The Kier molecular flexibility index (Phi) is 7.82. The van der Waals surface area contributed by atoms with Crippen molar-refractivity contribution >= 4 is 17.8 Å². The Balaban J connectivity index is 1.73. The molecule has 0 saturated carbocycles. The van der Waals surface area contributed by atoms with Crippen LogP contribution in [0.5, 0.6) is 0 Å². The Labute approximate surface area is 174 Å². The average Bonchev–Trinajstić information content (AvgIpc) is 2.67. The monoisotopic (exact) mass is 402 g/mol. The van der Waals surface area contributed by atoms with Crippen LogP contribution >= 0.6 is 0 Å². The molecule has 0 aliphatic carbocycles. The Bertz CT molecular complexity index is 713. The minimum absolute atomic E-state index is 0.0271. The van der Waals surface area contributed by atoms with Crippen molar-refractivity contribution in [1.29, 1.82) is 0 Å². The molecule has 2 amide bonds. The summed E-state index contributed by atoms with van der Waals surface area (Å²) >= 11 is 0. The highest BCUT2D eigenvalue weighted by Gasteiger charge is 2.26. The normalized spacial score (nSPS) is 16.2. The van der Waals surface area contributed by atoms with Gasteiger partial charge in [0, 0.05) is 25.2 Å².